The molecule has 1 rings (SSSR count). The topological polar surface area (TPSA) is 0 Å². The second-order valence-electron chi connectivity index (χ2n) is 2.83. The lowest BCUT2D eigenvalue weighted by Crippen LogP contribution is -2.02. The van der Waals surface area contributed by atoms with Crippen LogP contribution < -0.4 is 5.30 Å². The van der Waals surface area contributed by atoms with E-state index in [4.69, 9.17) is 11.6 Å². The van der Waals surface area contributed by atoms with Gasteiger partial charge in [0.15, 0.2) is 0 Å². The van der Waals surface area contributed by atoms with E-state index in [0.717, 1.165) is 5.02 Å². The van der Waals surface area contributed by atoms with E-state index in [1.54, 1.807) is 0 Å². The molecule has 0 unspecified atom stereocenters. The van der Waals surface area contributed by atoms with Crippen LogP contribution in [0.15, 0.2) is 18.2 Å². The minimum absolute atomic E-state index is 0.0126. The van der Waals surface area contributed by atoms with Crippen molar-refractivity contribution in [3.8, 4) is 0 Å². The Morgan fingerprint density at radius 2 is 1.91 bits per heavy atom. The van der Waals surface area contributed by atoms with Crippen molar-refractivity contribution in [3.63, 3.8) is 0 Å². The highest BCUT2D eigenvalue weighted by Gasteiger charge is 2.01. The lowest BCUT2D eigenvalue weighted by atomic mass is 10.2. The first-order valence-electron chi connectivity index (χ1n) is 3.55. The van der Waals surface area contributed by atoms with Gasteiger partial charge in [-0.3, -0.25) is 0 Å². The number of rotatable bonds is 1. The fourth-order valence-corrected chi connectivity index (χ4v) is 2.49. The summed E-state index contributed by atoms with van der Waals surface area (Å²) >= 11 is 5.83. The van der Waals surface area contributed by atoms with E-state index in [2.05, 4.69) is 26.3 Å². The van der Waals surface area contributed by atoms with Gasteiger partial charge in [0, 0.05) is 5.02 Å². The van der Waals surface area contributed by atoms with Crippen LogP contribution in [0, 0.1) is 6.92 Å². The zero-order chi connectivity index (χ0) is 8.43. The summed E-state index contributed by atoms with van der Waals surface area (Å²) < 4.78 is 0. The molecular formula is C9H12ClP. The summed E-state index contributed by atoms with van der Waals surface area (Å²) in [5.74, 6) is 0. The molecule has 0 nitrogen and oxygen atoms in total. The van der Waals surface area contributed by atoms with E-state index in [9.17, 15) is 0 Å². The minimum atomic E-state index is 0.0126. The highest BCUT2D eigenvalue weighted by molar-refractivity contribution is 7.64. The normalized spacial score (nSPS) is 10.6. The Morgan fingerprint density at radius 1 is 1.27 bits per heavy atom. The summed E-state index contributed by atoms with van der Waals surface area (Å²) in [4.78, 5) is 0. The van der Waals surface area contributed by atoms with Crippen molar-refractivity contribution in [2.75, 3.05) is 13.3 Å². The summed E-state index contributed by atoms with van der Waals surface area (Å²) in [6, 6.07) is 6.12. The van der Waals surface area contributed by atoms with Crippen LogP contribution in [0.3, 0.4) is 0 Å². The maximum absolute atomic E-state index is 5.83. The molecule has 0 saturated carbocycles. The molecule has 1 aromatic rings. The Bertz CT molecular complexity index is 256. The smallest absolute Gasteiger partial charge is 0.0409 e. The van der Waals surface area contributed by atoms with Gasteiger partial charge in [0.2, 0.25) is 0 Å². The molecular weight excluding hydrogens is 175 g/mol. The van der Waals surface area contributed by atoms with Crippen molar-refractivity contribution in [2.45, 2.75) is 6.92 Å². The van der Waals surface area contributed by atoms with Crippen molar-refractivity contribution in [1.82, 2.24) is 0 Å². The summed E-state index contributed by atoms with van der Waals surface area (Å²) in [7, 11) is 0.0126. The van der Waals surface area contributed by atoms with E-state index in [1.165, 1.54) is 10.9 Å². The number of halogens is 1. The Morgan fingerprint density at radius 3 is 2.36 bits per heavy atom. The fraction of sp³-hybridized carbons (Fsp3) is 0.333. The van der Waals surface area contributed by atoms with Crippen LogP contribution in [0.4, 0.5) is 0 Å². The molecule has 0 N–H and O–H groups in total. The van der Waals surface area contributed by atoms with Gasteiger partial charge in [0.25, 0.3) is 0 Å². The number of aryl methyl sites for hydroxylation is 1. The minimum Gasteiger partial charge on any atom is -0.0843 e. The van der Waals surface area contributed by atoms with Gasteiger partial charge in [-0.05, 0) is 43.3 Å². The van der Waals surface area contributed by atoms with Gasteiger partial charge >= 0.3 is 0 Å². The average Bonchev–Trinajstić information content (AvgIpc) is 1.85. The zero-order valence-corrected chi connectivity index (χ0v) is 8.71. The Labute approximate surface area is 74.3 Å². The molecule has 0 saturated heterocycles. The quantitative estimate of drug-likeness (QED) is 0.592. The predicted molar refractivity (Wildman–Crippen MR) is 54.6 cm³/mol. The molecule has 2 heteroatoms. The molecule has 11 heavy (non-hydrogen) atoms. The van der Waals surface area contributed by atoms with Crippen LogP contribution >= 0.6 is 19.5 Å². The summed E-state index contributed by atoms with van der Waals surface area (Å²) in [6.07, 6.45) is 0. The van der Waals surface area contributed by atoms with Crippen molar-refractivity contribution in [1.29, 1.82) is 0 Å². The van der Waals surface area contributed by atoms with Crippen LogP contribution in [0.1, 0.15) is 5.56 Å². The first-order chi connectivity index (χ1) is 5.11. The molecule has 0 amide bonds. The summed E-state index contributed by atoms with van der Waals surface area (Å²) in [5.41, 5.74) is 1.31. The van der Waals surface area contributed by atoms with Crippen molar-refractivity contribution < 1.29 is 0 Å². The van der Waals surface area contributed by atoms with E-state index in [1.807, 2.05) is 12.1 Å². The first-order valence-corrected chi connectivity index (χ1v) is 6.16. The molecule has 0 aromatic heterocycles. The zero-order valence-electron chi connectivity index (χ0n) is 7.06. The molecule has 0 atom stereocenters. The maximum atomic E-state index is 5.83. The second-order valence-corrected chi connectivity index (χ2v) is 5.53. The third-order valence-electron chi connectivity index (χ3n) is 1.64. The molecule has 0 bridgehead atoms. The summed E-state index contributed by atoms with van der Waals surface area (Å²) in [6.45, 7) is 6.63. The predicted octanol–water partition coefficient (Wildman–Crippen LogP) is 3.02. The Balaban J connectivity index is 3.09. The van der Waals surface area contributed by atoms with Crippen LogP contribution in [0.25, 0.3) is 0 Å². The van der Waals surface area contributed by atoms with Crippen LogP contribution in [-0.2, 0) is 0 Å². The van der Waals surface area contributed by atoms with Gasteiger partial charge in [-0.15, -0.1) is 0 Å². The van der Waals surface area contributed by atoms with E-state index in [-0.39, 0.29) is 7.92 Å². The monoisotopic (exact) mass is 186 g/mol. The largest absolute Gasteiger partial charge is 0.0843 e. The molecule has 0 radical (unpaired) electrons. The van der Waals surface area contributed by atoms with Gasteiger partial charge < -0.3 is 0 Å². The van der Waals surface area contributed by atoms with Gasteiger partial charge in [0.1, 0.15) is 0 Å². The van der Waals surface area contributed by atoms with Gasteiger partial charge in [-0.1, -0.05) is 25.6 Å². The molecule has 0 heterocycles. The van der Waals surface area contributed by atoms with Gasteiger partial charge in [-0.25, -0.2) is 0 Å². The average molecular weight is 187 g/mol. The first kappa shape index (κ1) is 9.03. The Hall–Kier alpha value is -0.0600. The molecule has 0 fully saturated rings. The molecule has 0 aliphatic rings. The van der Waals surface area contributed by atoms with Crippen LogP contribution in [-0.4, -0.2) is 13.3 Å². The van der Waals surface area contributed by atoms with Crippen molar-refractivity contribution in [3.05, 3.63) is 28.8 Å². The number of benzene rings is 1. The second kappa shape index (κ2) is 3.56. The van der Waals surface area contributed by atoms with Gasteiger partial charge in [-0.2, -0.15) is 0 Å². The third-order valence-corrected chi connectivity index (χ3v) is 3.34. The highest BCUT2D eigenvalue weighted by atomic mass is 35.5. The maximum Gasteiger partial charge on any atom is 0.0409 e. The molecule has 0 aliphatic carbocycles. The lowest BCUT2D eigenvalue weighted by Gasteiger charge is -2.09. The lowest BCUT2D eigenvalue weighted by molar-refractivity contribution is 1.52. The summed E-state index contributed by atoms with van der Waals surface area (Å²) in [5, 5.41) is 2.28. The van der Waals surface area contributed by atoms with Crippen LogP contribution in [0.5, 0.6) is 0 Å². The molecule has 1 aromatic carbocycles. The van der Waals surface area contributed by atoms with Gasteiger partial charge in [0.05, 0.1) is 0 Å². The van der Waals surface area contributed by atoms with Crippen molar-refractivity contribution in [2.24, 2.45) is 0 Å². The highest BCUT2D eigenvalue weighted by Crippen LogP contribution is 2.26. The Kier molecular flexibility index (Phi) is 2.92. The van der Waals surface area contributed by atoms with E-state index < -0.39 is 0 Å². The standard InChI is InChI=1S/C9H12ClP/c1-7-6-8(10)4-5-9(7)11(2)3/h4-6H,1-3H3. The SMILES string of the molecule is Cc1cc(Cl)ccc1P(C)C. The third kappa shape index (κ3) is 2.18. The van der Waals surface area contributed by atoms with Crippen LogP contribution in [0.2, 0.25) is 5.02 Å². The molecule has 60 valence electrons. The fourth-order valence-electron chi connectivity index (χ4n) is 1.12. The number of hydrogen-bond donors (Lipinski definition) is 0. The van der Waals surface area contributed by atoms with E-state index in [0.29, 0.717) is 0 Å². The molecule has 0 spiro atoms. The number of hydrogen-bond acceptors (Lipinski definition) is 0. The van der Waals surface area contributed by atoms with Crippen molar-refractivity contribution >= 4 is 24.8 Å². The molecule has 0 aliphatic heterocycles. The van der Waals surface area contributed by atoms with E-state index >= 15 is 0 Å².